The van der Waals surface area contributed by atoms with Gasteiger partial charge in [0.1, 0.15) is 11.9 Å². The van der Waals surface area contributed by atoms with E-state index in [1.54, 1.807) is 36.4 Å². The zero-order valence-electron chi connectivity index (χ0n) is 15.9. The van der Waals surface area contributed by atoms with Crippen LogP contribution >= 0.6 is 11.6 Å². The van der Waals surface area contributed by atoms with Gasteiger partial charge in [-0.05, 0) is 37.1 Å². The van der Waals surface area contributed by atoms with Crippen molar-refractivity contribution in [3.05, 3.63) is 57.7 Å². The number of para-hydroxylation sites is 2. The number of hydrogen-bond acceptors (Lipinski definition) is 6. The number of hydrogen-bond donors (Lipinski definition) is 0. The highest BCUT2D eigenvalue weighted by molar-refractivity contribution is 6.34. The molecule has 29 heavy (non-hydrogen) atoms. The predicted octanol–water partition coefficient (Wildman–Crippen LogP) is 4.45. The van der Waals surface area contributed by atoms with E-state index in [4.69, 9.17) is 30.2 Å². The van der Waals surface area contributed by atoms with Crippen LogP contribution in [0, 0.1) is 5.92 Å². The number of halogens is 1. The van der Waals surface area contributed by atoms with Gasteiger partial charge in [-0.1, -0.05) is 23.7 Å². The first kappa shape index (κ1) is 19.3. The van der Waals surface area contributed by atoms with Crippen LogP contribution in [-0.4, -0.2) is 26.3 Å². The van der Waals surface area contributed by atoms with Gasteiger partial charge in [-0.3, -0.25) is 9.59 Å². The summed E-state index contributed by atoms with van der Waals surface area (Å²) in [5.41, 5.74) is 0.703. The third kappa shape index (κ3) is 3.56. The number of ether oxygens (including phenoxy) is 3. The Morgan fingerprint density at radius 3 is 2.62 bits per heavy atom. The van der Waals surface area contributed by atoms with E-state index in [-0.39, 0.29) is 23.4 Å². The Balaban J connectivity index is 1.68. The van der Waals surface area contributed by atoms with Crippen molar-refractivity contribution in [3.63, 3.8) is 0 Å². The molecule has 1 heterocycles. The van der Waals surface area contributed by atoms with Crippen LogP contribution in [0.25, 0.3) is 22.3 Å². The lowest BCUT2D eigenvalue weighted by Gasteiger charge is -2.33. The van der Waals surface area contributed by atoms with Gasteiger partial charge in [-0.25, -0.2) is 0 Å². The second kappa shape index (κ2) is 7.79. The van der Waals surface area contributed by atoms with Crippen molar-refractivity contribution in [2.45, 2.75) is 18.9 Å². The van der Waals surface area contributed by atoms with Gasteiger partial charge < -0.3 is 18.6 Å². The lowest BCUT2D eigenvalue weighted by atomic mass is 9.82. The van der Waals surface area contributed by atoms with Crippen molar-refractivity contribution in [1.29, 1.82) is 0 Å². The first-order valence-corrected chi connectivity index (χ1v) is 9.54. The highest BCUT2D eigenvalue weighted by atomic mass is 35.5. The minimum Gasteiger partial charge on any atom is -0.492 e. The summed E-state index contributed by atoms with van der Waals surface area (Å²) in [7, 11) is 2.91. The van der Waals surface area contributed by atoms with E-state index in [1.807, 2.05) is 0 Å². The highest BCUT2D eigenvalue weighted by Crippen LogP contribution is 2.41. The summed E-state index contributed by atoms with van der Waals surface area (Å²) >= 11 is 6.21. The van der Waals surface area contributed by atoms with Crippen LogP contribution < -0.4 is 14.9 Å². The number of carbonyl (C=O) groups is 1. The average Bonchev–Trinajstić information content (AvgIpc) is 2.70. The number of methoxy groups -OCH3 is 2. The molecule has 1 aromatic heterocycles. The summed E-state index contributed by atoms with van der Waals surface area (Å²) in [4.78, 5) is 24.1. The predicted molar refractivity (Wildman–Crippen MR) is 109 cm³/mol. The van der Waals surface area contributed by atoms with E-state index >= 15 is 0 Å². The van der Waals surface area contributed by atoms with Crippen LogP contribution in [0.3, 0.4) is 0 Å². The molecule has 1 aliphatic carbocycles. The maximum atomic E-state index is 12.5. The molecule has 0 amide bonds. The quantitative estimate of drug-likeness (QED) is 0.574. The summed E-state index contributed by atoms with van der Waals surface area (Å²) in [6.07, 6.45) is 1.06. The van der Waals surface area contributed by atoms with Crippen molar-refractivity contribution in [1.82, 2.24) is 0 Å². The van der Waals surface area contributed by atoms with E-state index < -0.39 is 0 Å². The molecule has 7 heteroatoms. The molecular formula is C22H19ClO6. The van der Waals surface area contributed by atoms with E-state index in [1.165, 1.54) is 20.3 Å². The molecule has 150 valence electrons. The molecule has 0 radical (unpaired) electrons. The summed E-state index contributed by atoms with van der Waals surface area (Å²) in [5, 5.41) is 0.770. The minimum atomic E-state index is -0.222. The number of esters is 1. The lowest BCUT2D eigenvalue weighted by molar-refractivity contribution is -0.151. The molecule has 1 fully saturated rings. The Hall–Kier alpha value is -2.99. The smallest absolute Gasteiger partial charge is 0.308 e. The average molecular weight is 415 g/mol. The second-order valence-electron chi connectivity index (χ2n) is 6.86. The first-order chi connectivity index (χ1) is 14.0. The van der Waals surface area contributed by atoms with Gasteiger partial charge in [0.2, 0.25) is 0 Å². The van der Waals surface area contributed by atoms with Gasteiger partial charge >= 0.3 is 5.97 Å². The molecule has 0 bridgehead atoms. The van der Waals surface area contributed by atoms with Gasteiger partial charge in [-0.15, -0.1) is 0 Å². The third-order valence-electron chi connectivity index (χ3n) is 5.08. The number of rotatable bonds is 5. The van der Waals surface area contributed by atoms with Crippen LogP contribution in [0.15, 0.2) is 51.7 Å². The second-order valence-corrected chi connectivity index (χ2v) is 7.27. The standard InChI is InChI=1S/C22H19ClO6/c1-26-21-15(19-11-17(24)14-5-3-7-16(23)20(14)29-19)6-4-8-18(21)28-13-9-12(10-13)22(25)27-2/h3-8,11-13H,9-10H2,1-2H3. The van der Waals surface area contributed by atoms with Crippen LogP contribution in [-0.2, 0) is 9.53 Å². The van der Waals surface area contributed by atoms with Gasteiger partial charge in [-0.2, -0.15) is 0 Å². The zero-order chi connectivity index (χ0) is 20.5. The summed E-state index contributed by atoms with van der Waals surface area (Å²) in [6.45, 7) is 0. The fraction of sp³-hybridized carbons (Fsp3) is 0.273. The van der Waals surface area contributed by atoms with E-state index in [0.717, 1.165) is 0 Å². The van der Waals surface area contributed by atoms with E-state index in [9.17, 15) is 9.59 Å². The minimum absolute atomic E-state index is 0.110. The van der Waals surface area contributed by atoms with Gasteiger partial charge in [0.05, 0.1) is 36.1 Å². The van der Waals surface area contributed by atoms with Gasteiger partial charge in [0, 0.05) is 6.07 Å². The molecule has 0 aliphatic heterocycles. The molecule has 0 unspecified atom stereocenters. The topological polar surface area (TPSA) is 75.0 Å². The van der Waals surface area contributed by atoms with E-state index in [2.05, 4.69) is 0 Å². The Morgan fingerprint density at radius 1 is 1.14 bits per heavy atom. The third-order valence-corrected chi connectivity index (χ3v) is 5.38. The van der Waals surface area contributed by atoms with Crippen LogP contribution in [0.4, 0.5) is 0 Å². The lowest BCUT2D eigenvalue weighted by Crippen LogP contribution is -2.38. The van der Waals surface area contributed by atoms with Gasteiger partial charge in [0.25, 0.3) is 0 Å². The van der Waals surface area contributed by atoms with Crippen molar-refractivity contribution < 1.29 is 23.4 Å². The SMILES string of the molecule is COC(=O)C1CC(Oc2cccc(-c3cc(=O)c4cccc(Cl)c4o3)c2OC)C1. The normalized spacial score (nSPS) is 18.2. The molecule has 4 rings (SSSR count). The molecule has 0 N–H and O–H groups in total. The monoisotopic (exact) mass is 414 g/mol. The molecular weight excluding hydrogens is 396 g/mol. The molecule has 0 saturated heterocycles. The highest BCUT2D eigenvalue weighted by Gasteiger charge is 2.37. The van der Waals surface area contributed by atoms with Gasteiger partial charge in [0.15, 0.2) is 22.5 Å². The van der Waals surface area contributed by atoms with Crippen LogP contribution in [0.2, 0.25) is 5.02 Å². The summed E-state index contributed by atoms with van der Waals surface area (Å²) in [5.74, 6) is 0.933. The molecule has 0 atom stereocenters. The first-order valence-electron chi connectivity index (χ1n) is 9.16. The molecule has 1 aliphatic rings. The summed E-state index contributed by atoms with van der Waals surface area (Å²) < 4.78 is 22.3. The molecule has 1 saturated carbocycles. The fourth-order valence-corrected chi connectivity index (χ4v) is 3.70. The van der Waals surface area contributed by atoms with Crippen molar-refractivity contribution in [2.24, 2.45) is 5.92 Å². The number of fused-ring (bicyclic) bond motifs is 1. The Bertz CT molecular complexity index is 1130. The number of carbonyl (C=O) groups excluding carboxylic acids is 1. The largest absolute Gasteiger partial charge is 0.492 e. The molecule has 2 aromatic carbocycles. The maximum absolute atomic E-state index is 12.5. The van der Waals surface area contributed by atoms with E-state index in [0.29, 0.717) is 51.7 Å². The Labute approximate surface area is 171 Å². The van der Waals surface area contributed by atoms with Crippen molar-refractivity contribution >= 4 is 28.5 Å². The van der Waals surface area contributed by atoms with Crippen molar-refractivity contribution in [3.8, 4) is 22.8 Å². The molecule has 6 nitrogen and oxygen atoms in total. The van der Waals surface area contributed by atoms with Crippen molar-refractivity contribution in [2.75, 3.05) is 14.2 Å². The van der Waals surface area contributed by atoms with Crippen LogP contribution in [0.1, 0.15) is 12.8 Å². The Kier molecular flexibility index (Phi) is 5.20. The summed E-state index contributed by atoms with van der Waals surface area (Å²) in [6, 6.07) is 11.8. The molecule has 3 aromatic rings. The van der Waals surface area contributed by atoms with Crippen LogP contribution in [0.5, 0.6) is 11.5 Å². The zero-order valence-corrected chi connectivity index (χ0v) is 16.7. The maximum Gasteiger partial charge on any atom is 0.308 e. The Morgan fingerprint density at radius 2 is 1.90 bits per heavy atom. The fourth-order valence-electron chi connectivity index (χ4n) is 3.49. The number of benzene rings is 2. The molecule has 0 spiro atoms.